The molecule has 0 spiro atoms. The van der Waals surface area contributed by atoms with Crippen molar-refractivity contribution in [3.63, 3.8) is 0 Å². The number of nitrogens with one attached hydrogen (secondary N) is 1. The van der Waals surface area contributed by atoms with Gasteiger partial charge in [0.25, 0.3) is 5.91 Å². The number of carbonyl (C=O) groups is 1. The summed E-state index contributed by atoms with van der Waals surface area (Å²) in [5.74, 6) is 0.888. The summed E-state index contributed by atoms with van der Waals surface area (Å²) in [6.45, 7) is 0.737. The monoisotopic (exact) mass is 373 g/mol. The summed E-state index contributed by atoms with van der Waals surface area (Å²) < 4.78 is 1.94. The van der Waals surface area contributed by atoms with Gasteiger partial charge in [-0.2, -0.15) is 5.26 Å². The van der Waals surface area contributed by atoms with Gasteiger partial charge in [0.15, 0.2) is 5.82 Å². The van der Waals surface area contributed by atoms with E-state index in [1.807, 2.05) is 4.57 Å². The van der Waals surface area contributed by atoms with Gasteiger partial charge in [0.1, 0.15) is 17.5 Å². The van der Waals surface area contributed by atoms with E-state index >= 15 is 0 Å². The van der Waals surface area contributed by atoms with Gasteiger partial charge in [-0.1, -0.05) is 29.6 Å². The number of nitrogens with zero attached hydrogens (tertiary/aromatic N) is 4. The molecule has 25 heavy (non-hydrogen) atoms. The zero-order valence-electron chi connectivity index (χ0n) is 13.1. The third kappa shape index (κ3) is 2.60. The van der Waals surface area contributed by atoms with E-state index in [2.05, 4.69) is 21.6 Å². The van der Waals surface area contributed by atoms with Gasteiger partial charge in [-0.05, 0) is 25.0 Å². The number of amides is 1. The van der Waals surface area contributed by atoms with Crippen molar-refractivity contribution in [2.45, 2.75) is 32.2 Å². The van der Waals surface area contributed by atoms with Crippen molar-refractivity contribution in [3.8, 4) is 6.07 Å². The number of carbonyl (C=O) groups excluding carboxylic acids is 1. The van der Waals surface area contributed by atoms with Crippen molar-refractivity contribution in [2.24, 2.45) is 0 Å². The van der Waals surface area contributed by atoms with Crippen LogP contribution < -0.4 is 5.32 Å². The van der Waals surface area contributed by atoms with Crippen LogP contribution in [0.3, 0.4) is 0 Å². The number of aromatic nitrogens is 3. The van der Waals surface area contributed by atoms with Crippen molar-refractivity contribution in [1.82, 2.24) is 14.8 Å². The standard InChI is InChI=1S/C17H13Cl2N5O/c18-9-6-10-14(17(25)21-15(10)12(19)7-9)11(8-20)16-23-22-13-4-2-1-3-5-24(13)16/h6-7H,1-5H2,(H,21,25)/b14-11-. The number of aryl methyl sites for hydroxylation is 1. The molecule has 0 aliphatic carbocycles. The molecule has 0 saturated heterocycles. The zero-order chi connectivity index (χ0) is 17.6. The molecule has 2 aliphatic rings. The molecule has 0 unspecified atom stereocenters. The molecule has 4 rings (SSSR count). The van der Waals surface area contributed by atoms with E-state index in [9.17, 15) is 10.1 Å². The average Bonchev–Trinajstić information content (AvgIpc) is 3.02. The zero-order valence-corrected chi connectivity index (χ0v) is 14.7. The molecule has 126 valence electrons. The molecule has 0 radical (unpaired) electrons. The van der Waals surface area contributed by atoms with Crippen LogP contribution >= 0.6 is 23.2 Å². The van der Waals surface area contributed by atoms with Crippen LogP contribution in [0.25, 0.3) is 11.1 Å². The minimum absolute atomic E-state index is 0.190. The van der Waals surface area contributed by atoms with Gasteiger partial charge in [0.05, 0.1) is 16.3 Å². The topological polar surface area (TPSA) is 83.6 Å². The number of hydrogen-bond donors (Lipinski definition) is 1. The second-order valence-corrected chi connectivity index (χ2v) is 6.87. The number of halogens is 2. The summed E-state index contributed by atoms with van der Waals surface area (Å²) in [7, 11) is 0. The Balaban J connectivity index is 1.95. The maximum absolute atomic E-state index is 12.5. The first kappa shape index (κ1) is 16.1. The summed E-state index contributed by atoms with van der Waals surface area (Å²) in [5.41, 5.74) is 1.41. The molecule has 1 aromatic carbocycles. The summed E-state index contributed by atoms with van der Waals surface area (Å²) in [6, 6.07) is 5.32. The number of rotatable bonds is 1. The van der Waals surface area contributed by atoms with Gasteiger partial charge >= 0.3 is 0 Å². The first-order valence-electron chi connectivity index (χ1n) is 7.97. The van der Waals surface area contributed by atoms with Crippen LogP contribution in [-0.2, 0) is 17.8 Å². The largest absolute Gasteiger partial charge is 0.320 e. The first-order valence-corrected chi connectivity index (χ1v) is 8.73. The Hall–Kier alpha value is -2.36. The van der Waals surface area contributed by atoms with E-state index in [1.54, 1.807) is 12.1 Å². The lowest BCUT2D eigenvalue weighted by Crippen LogP contribution is -2.09. The van der Waals surface area contributed by atoms with Crippen molar-refractivity contribution < 1.29 is 4.79 Å². The highest BCUT2D eigenvalue weighted by molar-refractivity contribution is 6.44. The van der Waals surface area contributed by atoms with Crippen molar-refractivity contribution in [3.05, 3.63) is 39.4 Å². The Bertz CT molecular complexity index is 970. The molecular formula is C17H13Cl2N5O. The highest BCUT2D eigenvalue weighted by Crippen LogP contribution is 2.42. The Labute approximate surface area is 154 Å². The van der Waals surface area contributed by atoms with Crippen LogP contribution in [0.1, 0.15) is 36.5 Å². The molecule has 8 heteroatoms. The van der Waals surface area contributed by atoms with Crippen LogP contribution in [0.2, 0.25) is 10.0 Å². The number of fused-ring (bicyclic) bond motifs is 2. The quantitative estimate of drug-likeness (QED) is 0.610. The fraction of sp³-hybridized carbons (Fsp3) is 0.294. The first-order chi connectivity index (χ1) is 12.1. The van der Waals surface area contributed by atoms with E-state index in [-0.39, 0.29) is 17.1 Å². The Kier molecular flexibility index (Phi) is 3.98. The predicted octanol–water partition coefficient (Wildman–Crippen LogP) is 3.70. The van der Waals surface area contributed by atoms with Gasteiger partial charge < -0.3 is 9.88 Å². The molecular weight excluding hydrogens is 361 g/mol. The minimum Gasteiger partial charge on any atom is -0.320 e. The van der Waals surface area contributed by atoms with Crippen molar-refractivity contribution in [1.29, 1.82) is 5.26 Å². The Morgan fingerprint density at radius 3 is 2.88 bits per heavy atom. The third-order valence-electron chi connectivity index (χ3n) is 4.48. The summed E-state index contributed by atoms with van der Waals surface area (Å²) in [4.78, 5) is 12.5. The molecule has 0 bridgehead atoms. The SMILES string of the molecule is N#C/C(=C1/C(=O)Nc2c(Cl)cc(Cl)cc21)c1nnc2n1CCCCC2. The Morgan fingerprint density at radius 2 is 2.08 bits per heavy atom. The summed E-state index contributed by atoms with van der Waals surface area (Å²) >= 11 is 12.3. The van der Waals surface area contributed by atoms with E-state index in [0.717, 1.165) is 38.1 Å². The van der Waals surface area contributed by atoms with Gasteiger partial charge in [-0.15, -0.1) is 10.2 Å². The normalized spacial score (nSPS) is 18.0. The highest BCUT2D eigenvalue weighted by atomic mass is 35.5. The molecule has 6 nitrogen and oxygen atoms in total. The van der Waals surface area contributed by atoms with E-state index in [1.165, 1.54) is 0 Å². The van der Waals surface area contributed by atoms with Crippen molar-refractivity contribution in [2.75, 3.05) is 5.32 Å². The lowest BCUT2D eigenvalue weighted by atomic mass is 10.0. The Morgan fingerprint density at radius 1 is 1.24 bits per heavy atom. The van der Waals surface area contributed by atoms with Gasteiger partial charge in [0.2, 0.25) is 0 Å². The van der Waals surface area contributed by atoms with Crippen LogP contribution in [0.4, 0.5) is 5.69 Å². The van der Waals surface area contributed by atoms with Crippen LogP contribution in [0.15, 0.2) is 12.1 Å². The van der Waals surface area contributed by atoms with E-state index < -0.39 is 0 Å². The van der Waals surface area contributed by atoms with Crippen molar-refractivity contribution >= 4 is 45.9 Å². The van der Waals surface area contributed by atoms with Gasteiger partial charge in [-0.3, -0.25) is 4.79 Å². The number of allylic oxidation sites excluding steroid dienone is 1. The number of anilines is 1. The van der Waals surface area contributed by atoms with E-state index in [4.69, 9.17) is 23.2 Å². The predicted molar refractivity (Wildman–Crippen MR) is 95.1 cm³/mol. The third-order valence-corrected chi connectivity index (χ3v) is 5.00. The molecule has 2 aromatic rings. The second-order valence-electron chi connectivity index (χ2n) is 6.03. The average molecular weight is 374 g/mol. The van der Waals surface area contributed by atoms with Gasteiger partial charge in [0, 0.05) is 23.6 Å². The van der Waals surface area contributed by atoms with E-state index in [0.29, 0.717) is 27.1 Å². The smallest absolute Gasteiger partial charge is 0.257 e. The molecule has 0 atom stereocenters. The molecule has 1 amide bonds. The lowest BCUT2D eigenvalue weighted by molar-refractivity contribution is -0.110. The minimum atomic E-state index is -0.387. The van der Waals surface area contributed by atoms with Crippen LogP contribution in [0.5, 0.6) is 0 Å². The molecule has 2 aliphatic heterocycles. The fourth-order valence-electron chi connectivity index (χ4n) is 3.33. The van der Waals surface area contributed by atoms with Crippen LogP contribution in [0, 0.1) is 11.3 Å². The molecule has 1 N–H and O–H groups in total. The number of benzene rings is 1. The summed E-state index contributed by atoms with van der Waals surface area (Å²) in [5, 5.41) is 21.6. The maximum Gasteiger partial charge on any atom is 0.257 e. The highest BCUT2D eigenvalue weighted by Gasteiger charge is 2.32. The number of nitriles is 1. The second kappa shape index (κ2) is 6.17. The number of hydrogen-bond acceptors (Lipinski definition) is 4. The fourth-order valence-corrected chi connectivity index (χ4v) is 3.87. The molecule has 1 aromatic heterocycles. The van der Waals surface area contributed by atoms with Crippen LogP contribution in [-0.4, -0.2) is 20.7 Å². The maximum atomic E-state index is 12.5. The van der Waals surface area contributed by atoms with Gasteiger partial charge in [-0.25, -0.2) is 0 Å². The molecule has 3 heterocycles. The molecule has 0 saturated carbocycles. The lowest BCUT2D eigenvalue weighted by Gasteiger charge is -2.08. The molecule has 0 fully saturated rings. The summed E-state index contributed by atoms with van der Waals surface area (Å²) in [6.07, 6.45) is 3.97.